The summed E-state index contributed by atoms with van der Waals surface area (Å²) >= 11 is 0. The largest absolute Gasteiger partial charge is 0.496 e. The molecule has 0 aliphatic carbocycles. The molecule has 0 atom stereocenters. The molecule has 0 spiro atoms. The third-order valence-corrected chi connectivity index (χ3v) is 6.89. The number of hydrogen-bond donors (Lipinski definition) is 4. The van der Waals surface area contributed by atoms with Gasteiger partial charge in [0.1, 0.15) is 39.8 Å². The summed E-state index contributed by atoms with van der Waals surface area (Å²) in [6.07, 6.45) is 0. The summed E-state index contributed by atoms with van der Waals surface area (Å²) < 4.78 is 81.5. The van der Waals surface area contributed by atoms with Crippen molar-refractivity contribution in [3.8, 4) is 35.1 Å². The fourth-order valence-corrected chi connectivity index (χ4v) is 4.55. The van der Waals surface area contributed by atoms with Gasteiger partial charge in [0, 0.05) is 69.8 Å². The van der Waals surface area contributed by atoms with Crippen molar-refractivity contribution in [3.05, 3.63) is 109 Å². The molecule has 0 aliphatic rings. The SMILES string of the molecule is CCNC(=O)c1c(OC)cc(Nc2ccc(C#N)cc2[N+](=O)[O-])cc1OC(F)F.CONC(=O)c1c(OC)cc(N)cc1OC(F)F.N#Cc1ccc(F)c([N+](=O)[O-])c1.[B][B]. The minimum atomic E-state index is -3.22. The molecule has 19 nitrogen and oxygen atoms in total. The molecule has 318 valence electrons. The lowest BCUT2D eigenvalue weighted by molar-refractivity contribution is -0.387. The Morgan fingerprint density at radius 2 is 1.23 bits per heavy atom. The van der Waals surface area contributed by atoms with E-state index in [0.717, 1.165) is 30.3 Å². The topological polar surface area (TPSA) is 276 Å². The summed E-state index contributed by atoms with van der Waals surface area (Å²) in [5.74, 6) is -3.34. The van der Waals surface area contributed by atoms with Gasteiger partial charge in [-0.1, -0.05) is 0 Å². The molecule has 4 aromatic carbocycles. The van der Waals surface area contributed by atoms with E-state index >= 15 is 0 Å². The zero-order valence-electron chi connectivity index (χ0n) is 32.0. The molecule has 61 heavy (non-hydrogen) atoms. The van der Waals surface area contributed by atoms with E-state index in [1.54, 1.807) is 19.1 Å². The number of halogens is 5. The first-order valence-electron chi connectivity index (χ1n) is 16.3. The van der Waals surface area contributed by atoms with E-state index in [1.807, 2.05) is 5.48 Å². The molecule has 0 saturated heterocycles. The number of hydrogen-bond acceptors (Lipinski definition) is 15. The molecule has 4 rings (SSSR count). The molecular weight excluding hydrogens is 825 g/mol. The number of anilines is 3. The van der Waals surface area contributed by atoms with Crippen LogP contribution in [-0.2, 0) is 4.84 Å². The molecular formula is C35H31B2F5N8O11. The Bertz CT molecular complexity index is 2270. The quantitative estimate of drug-likeness (QED) is 0.0396. The molecule has 0 bridgehead atoms. The Hall–Kier alpha value is -7.86. The summed E-state index contributed by atoms with van der Waals surface area (Å²) in [5.41, 5.74) is 6.30. The average molecular weight is 856 g/mol. The first kappa shape index (κ1) is 51.2. The predicted octanol–water partition coefficient (Wildman–Crippen LogP) is 5.58. The third kappa shape index (κ3) is 15.4. The van der Waals surface area contributed by atoms with Crippen LogP contribution in [0.15, 0.2) is 60.7 Å². The van der Waals surface area contributed by atoms with Gasteiger partial charge in [-0.25, -0.2) is 5.48 Å². The van der Waals surface area contributed by atoms with Gasteiger partial charge in [0.15, 0.2) is 0 Å². The van der Waals surface area contributed by atoms with E-state index in [2.05, 4.69) is 40.4 Å². The Kier molecular flexibility index (Phi) is 21.4. The van der Waals surface area contributed by atoms with Crippen LogP contribution in [0.1, 0.15) is 38.8 Å². The number of methoxy groups -OCH3 is 2. The lowest BCUT2D eigenvalue weighted by Crippen LogP contribution is -2.24. The highest BCUT2D eigenvalue weighted by atomic mass is 19.3. The van der Waals surface area contributed by atoms with Gasteiger partial charge in [-0.05, 0) is 31.2 Å². The first-order chi connectivity index (χ1) is 28.9. The Morgan fingerprint density at radius 1 is 0.770 bits per heavy atom. The minimum Gasteiger partial charge on any atom is -0.496 e. The zero-order chi connectivity index (χ0) is 46.4. The summed E-state index contributed by atoms with van der Waals surface area (Å²) in [7, 11) is 11.7. The maximum absolute atomic E-state index is 12.9. The number of amides is 2. The maximum atomic E-state index is 12.9. The molecule has 0 aromatic heterocycles. The molecule has 0 saturated carbocycles. The zero-order valence-corrected chi connectivity index (χ0v) is 32.0. The van der Waals surface area contributed by atoms with Gasteiger partial charge in [0.25, 0.3) is 17.5 Å². The lowest BCUT2D eigenvalue weighted by Gasteiger charge is -2.17. The van der Waals surface area contributed by atoms with Crippen LogP contribution < -0.4 is 40.8 Å². The number of hydroxylamine groups is 1. The molecule has 0 fully saturated rings. The number of nitriles is 2. The number of alkyl halides is 4. The standard InChI is InChI=1S/C18H16F2N4O5.C10H12F2N2O4.C7H3FN2O2.B2/c1-3-22-17(25)16-14(28-2)7-11(8-15(16)29-18(19)20)23-12-5-4-10(9-21)6-13(12)24(26)27;1-16-6-3-5(13)4-7(18-10(11)12)8(6)9(15)14-17-2;8-6-2-1-5(4-9)3-7(6)10(11)12;1-2/h4-8,18,23H,3H2,1-2H3,(H,22,25);3-4,10H,13H2,1-2H3,(H,14,15);1-3H;. The van der Waals surface area contributed by atoms with Crippen molar-refractivity contribution >= 4 is 55.7 Å². The molecule has 0 heterocycles. The van der Waals surface area contributed by atoms with E-state index in [0.29, 0.717) is 0 Å². The second-order valence-corrected chi connectivity index (χ2v) is 10.7. The molecule has 26 heteroatoms. The van der Waals surface area contributed by atoms with Crippen molar-refractivity contribution in [3.63, 3.8) is 0 Å². The third-order valence-electron chi connectivity index (χ3n) is 6.89. The van der Waals surface area contributed by atoms with Gasteiger partial charge >= 0.3 is 18.9 Å². The van der Waals surface area contributed by atoms with E-state index in [1.165, 1.54) is 51.7 Å². The number of nitrogen functional groups attached to an aromatic ring is 1. The number of nitrogens with zero attached hydrogens (tertiary/aromatic N) is 4. The lowest BCUT2D eigenvalue weighted by atomic mass is 9.81. The van der Waals surface area contributed by atoms with Crippen LogP contribution in [-0.4, -0.2) is 78.2 Å². The maximum Gasteiger partial charge on any atom is 0.387 e. The number of nitro groups is 2. The van der Waals surface area contributed by atoms with Crippen molar-refractivity contribution in [1.29, 1.82) is 10.5 Å². The Balaban J connectivity index is 0.000000493. The Labute approximate surface area is 345 Å². The summed E-state index contributed by atoms with van der Waals surface area (Å²) in [6, 6.07) is 15.0. The van der Waals surface area contributed by atoms with Gasteiger partial charge in [-0.15, -0.1) is 0 Å². The van der Waals surface area contributed by atoms with Crippen molar-refractivity contribution in [2.75, 3.05) is 38.9 Å². The number of nitrogens with one attached hydrogen (secondary N) is 3. The first-order valence-corrected chi connectivity index (χ1v) is 16.3. The fourth-order valence-electron chi connectivity index (χ4n) is 4.55. The minimum absolute atomic E-state index is 0.000185. The number of ether oxygens (including phenoxy) is 4. The van der Waals surface area contributed by atoms with E-state index in [4.69, 9.17) is 25.7 Å². The Morgan fingerprint density at radius 3 is 1.70 bits per heavy atom. The van der Waals surface area contributed by atoms with Crippen LogP contribution in [0.2, 0.25) is 0 Å². The molecule has 4 radical (unpaired) electrons. The van der Waals surface area contributed by atoms with Crippen molar-refractivity contribution in [2.45, 2.75) is 20.1 Å². The van der Waals surface area contributed by atoms with Crippen LogP contribution in [0.5, 0.6) is 23.0 Å². The number of carbonyl (C=O) groups is 2. The van der Waals surface area contributed by atoms with E-state index < -0.39 is 63.6 Å². The van der Waals surface area contributed by atoms with Gasteiger partial charge in [-0.3, -0.25) is 34.7 Å². The highest BCUT2D eigenvalue weighted by molar-refractivity contribution is 6.75. The molecule has 0 unspecified atom stereocenters. The van der Waals surface area contributed by atoms with Gasteiger partial charge in [0.05, 0.1) is 54.4 Å². The second kappa shape index (κ2) is 25.5. The monoisotopic (exact) mass is 856 g/mol. The van der Waals surface area contributed by atoms with Gasteiger partial charge in [0.2, 0.25) is 5.82 Å². The molecule has 5 N–H and O–H groups in total. The number of nitro benzene ring substituents is 2. The van der Waals surface area contributed by atoms with Crippen molar-refractivity contribution < 1.29 is 65.2 Å². The van der Waals surface area contributed by atoms with Crippen molar-refractivity contribution in [1.82, 2.24) is 10.8 Å². The van der Waals surface area contributed by atoms with Crippen molar-refractivity contribution in [2.24, 2.45) is 0 Å². The van der Waals surface area contributed by atoms with Gasteiger partial charge in [-0.2, -0.15) is 32.5 Å². The number of rotatable bonds is 14. The number of carbonyl (C=O) groups excluding carboxylic acids is 2. The fraction of sp³-hybridized carbons (Fsp3) is 0.200. The van der Waals surface area contributed by atoms with Crippen LogP contribution in [0.25, 0.3) is 0 Å². The highest BCUT2D eigenvalue weighted by Gasteiger charge is 2.24. The summed E-state index contributed by atoms with van der Waals surface area (Å²) in [5, 5.41) is 43.9. The second-order valence-electron chi connectivity index (χ2n) is 10.7. The highest BCUT2D eigenvalue weighted by Crippen LogP contribution is 2.37. The average Bonchev–Trinajstić information content (AvgIpc) is 3.21. The molecule has 2 amide bonds. The molecule has 4 aromatic rings. The van der Waals surface area contributed by atoms with E-state index in [9.17, 15) is 51.8 Å². The normalized spacial score (nSPS) is 9.72. The number of benzene rings is 4. The summed E-state index contributed by atoms with van der Waals surface area (Å²) in [6.45, 7) is -4.41. The smallest absolute Gasteiger partial charge is 0.387 e. The van der Waals surface area contributed by atoms with E-state index in [-0.39, 0.29) is 57.4 Å². The van der Waals surface area contributed by atoms with Crippen LogP contribution in [0, 0.1) is 48.7 Å². The van der Waals surface area contributed by atoms with Crippen LogP contribution >= 0.6 is 0 Å². The summed E-state index contributed by atoms with van der Waals surface area (Å²) in [4.78, 5) is 48.2. The van der Waals surface area contributed by atoms with Gasteiger partial charge < -0.3 is 35.3 Å². The van der Waals surface area contributed by atoms with Crippen LogP contribution in [0.3, 0.4) is 0 Å². The number of nitrogens with two attached hydrogens (primary N) is 1. The van der Waals surface area contributed by atoms with Crippen LogP contribution in [0.4, 0.5) is 50.4 Å². The predicted molar refractivity (Wildman–Crippen MR) is 207 cm³/mol. The molecule has 0 aliphatic heterocycles.